The zero-order valence-electron chi connectivity index (χ0n) is 10.8. The second-order valence-corrected chi connectivity index (χ2v) is 5.49. The second kappa shape index (κ2) is 5.11. The van der Waals surface area contributed by atoms with Gasteiger partial charge in [0.1, 0.15) is 5.50 Å². The number of thioether (sulfide) groups is 1. The highest BCUT2D eigenvalue weighted by Gasteiger charge is 2.30. The van der Waals surface area contributed by atoms with E-state index in [4.69, 9.17) is 4.42 Å². The molecule has 0 N–H and O–H groups in total. The number of hydrogen-bond acceptors (Lipinski definition) is 5. The van der Waals surface area contributed by atoms with Crippen molar-refractivity contribution in [1.82, 2.24) is 9.88 Å². The van der Waals surface area contributed by atoms with E-state index in [1.165, 1.54) is 6.39 Å². The summed E-state index contributed by atoms with van der Waals surface area (Å²) in [7, 11) is 4.11. The molecule has 1 aromatic carbocycles. The zero-order valence-corrected chi connectivity index (χ0v) is 11.6. The van der Waals surface area contributed by atoms with Gasteiger partial charge in [0, 0.05) is 5.69 Å². The SMILES string of the molecule is CN(C)C1SC(c2cnco2)=[C]N1c1ccccc1. The first kappa shape index (κ1) is 12.3. The molecule has 0 aliphatic carbocycles. The molecule has 3 rings (SSSR count). The van der Waals surface area contributed by atoms with Crippen LogP contribution in [0.5, 0.6) is 0 Å². The summed E-state index contributed by atoms with van der Waals surface area (Å²) >= 11 is 1.70. The highest BCUT2D eigenvalue weighted by molar-refractivity contribution is 8.09. The van der Waals surface area contributed by atoms with Crippen molar-refractivity contribution in [1.29, 1.82) is 0 Å². The van der Waals surface area contributed by atoms with Gasteiger partial charge < -0.3 is 9.32 Å². The molecule has 4 nitrogen and oxygen atoms in total. The summed E-state index contributed by atoms with van der Waals surface area (Å²) in [4.78, 5) is 9.19. The molecule has 1 aromatic heterocycles. The van der Waals surface area contributed by atoms with Gasteiger partial charge >= 0.3 is 0 Å². The molecule has 5 heteroatoms. The minimum atomic E-state index is 0.169. The van der Waals surface area contributed by atoms with E-state index in [0.29, 0.717) is 0 Å². The van der Waals surface area contributed by atoms with Crippen LogP contribution < -0.4 is 4.90 Å². The first-order valence-electron chi connectivity index (χ1n) is 5.95. The van der Waals surface area contributed by atoms with Gasteiger partial charge in [-0.1, -0.05) is 30.0 Å². The number of benzene rings is 1. The molecule has 0 saturated carbocycles. The van der Waals surface area contributed by atoms with Gasteiger partial charge in [-0.25, -0.2) is 4.98 Å². The van der Waals surface area contributed by atoms with Crippen molar-refractivity contribution < 1.29 is 4.42 Å². The third-order valence-electron chi connectivity index (χ3n) is 2.80. The van der Waals surface area contributed by atoms with Crippen molar-refractivity contribution in [2.75, 3.05) is 19.0 Å². The Morgan fingerprint density at radius 2 is 2.11 bits per heavy atom. The standard InChI is InChI=1S/C14H14N3OS/c1-16(2)14-17(11-6-4-3-5-7-11)9-13(19-14)12-8-15-10-18-12/h3-8,10,14H,1-2H3. The van der Waals surface area contributed by atoms with Crippen LogP contribution in [0.25, 0.3) is 4.91 Å². The number of oxazole rings is 1. The summed E-state index contributed by atoms with van der Waals surface area (Å²) in [5, 5.41) is 0. The van der Waals surface area contributed by atoms with Crippen LogP contribution in [0, 0.1) is 6.20 Å². The summed E-state index contributed by atoms with van der Waals surface area (Å²) in [6.07, 6.45) is 6.54. The van der Waals surface area contributed by atoms with Crippen LogP contribution in [-0.4, -0.2) is 29.5 Å². The number of para-hydroxylation sites is 1. The van der Waals surface area contributed by atoms with Crippen LogP contribution in [-0.2, 0) is 0 Å². The van der Waals surface area contributed by atoms with Crippen LogP contribution in [0.3, 0.4) is 0 Å². The molecule has 1 radical (unpaired) electrons. The molecule has 1 unspecified atom stereocenters. The lowest BCUT2D eigenvalue weighted by Crippen LogP contribution is -2.37. The van der Waals surface area contributed by atoms with Gasteiger partial charge in [-0.05, 0) is 26.2 Å². The lowest BCUT2D eigenvalue weighted by atomic mass is 10.3. The third-order valence-corrected chi connectivity index (χ3v) is 4.17. The molecule has 0 amide bonds. The Morgan fingerprint density at radius 1 is 1.32 bits per heavy atom. The minimum Gasteiger partial charge on any atom is -0.443 e. The van der Waals surface area contributed by atoms with Crippen LogP contribution in [0.4, 0.5) is 5.69 Å². The summed E-state index contributed by atoms with van der Waals surface area (Å²) in [6, 6.07) is 10.2. The largest absolute Gasteiger partial charge is 0.443 e. The smallest absolute Gasteiger partial charge is 0.181 e. The highest BCUT2D eigenvalue weighted by atomic mass is 32.2. The molecular formula is C14H14N3OS. The fraction of sp³-hybridized carbons (Fsp3) is 0.214. The molecular weight excluding hydrogens is 258 g/mol. The topological polar surface area (TPSA) is 32.5 Å². The van der Waals surface area contributed by atoms with Crippen molar-refractivity contribution in [3.63, 3.8) is 0 Å². The van der Waals surface area contributed by atoms with Gasteiger partial charge in [-0.15, -0.1) is 0 Å². The molecule has 1 aliphatic heterocycles. The van der Waals surface area contributed by atoms with E-state index in [1.54, 1.807) is 18.0 Å². The van der Waals surface area contributed by atoms with Crippen LogP contribution in [0.1, 0.15) is 5.76 Å². The lowest BCUT2D eigenvalue weighted by Gasteiger charge is -2.29. The maximum absolute atomic E-state index is 5.35. The number of aromatic nitrogens is 1. The molecule has 2 aromatic rings. The first-order chi connectivity index (χ1) is 9.25. The maximum Gasteiger partial charge on any atom is 0.181 e. The molecule has 1 aliphatic rings. The van der Waals surface area contributed by atoms with E-state index >= 15 is 0 Å². The van der Waals surface area contributed by atoms with Crippen molar-refractivity contribution in [3.8, 4) is 0 Å². The lowest BCUT2D eigenvalue weighted by molar-refractivity contribution is 0.386. The normalized spacial score (nSPS) is 19.0. The van der Waals surface area contributed by atoms with Gasteiger partial charge in [0.05, 0.1) is 17.3 Å². The average molecular weight is 272 g/mol. The zero-order chi connectivity index (χ0) is 13.2. The van der Waals surface area contributed by atoms with Gasteiger partial charge in [0.25, 0.3) is 0 Å². The van der Waals surface area contributed by atoms with E-state index in [2.05, 4.69) is 47.2 Å². The second-order valence-electron chi connectivity index (χ2n) is 4.42. The van der Waals surface area contributed by atoms with E-state index in [1.807, 2.05) is 18.2 Å². The van der Waals surface area contributed by atoms with Crippen molar-refractivity contribution >= 4 is 22.4 Å². The highest BCUT2D eigenvalue weighted by Crippen LogP contribution is 2.41. The van der Waals surface area contributed by atoms with Crippen molar-refractivity contribution in [2.24, 2.45) is 0 Å². The van der Waals surface area contributed by atoms with Gasteiger partial charge in [0.2, 0.25) is 0 Å². The van der Waals surface area contributed by atoms with Crippen LogP contribution >= 0.6 is 11.8 Å². The van der Waals surface area contributed by atoms with E-state index in [0.717, 1.165) is 16.4 Å². The molecule has 0 saturated heterocycles. The summed E-state index contributed by atoms with van der Waals surface area (Å²) in [6.45, 7) is 0. The number of anilines is 1. The summed E-state index contributed by atoms with van der Waals surface area (Å²) in [5.41, 5.74) is 1.28. The molecule has 1 atom stereocenters. The van der Waals surface area contributed by atoms with Gasteiger partial charge in [-0.2, -0.15) is 0 Å². The van der Waals surface area contributed by atoms with Crippen molar-refractivity contribution in [3.05, 3.63) is 54.9 Å². The Hall–Kier alpha value is -1.72. The fourth-order valence-electron chi connectivity index (χ4n) is 1.91. The fourth-order valence-corrected chi connectivity index (χ4v) is 2.98. The van der Waals surface area contributed by atoms with E-state index in [-0.39, 0.29) is 5.50 Å². The molecule has 19 heavy (non-hydrogen) atoms. The Kier molecular flexibility index (Phi) is 3.31. The number of hydrogen-bond donors (Lipinski definition) is 0. The summed E-state index contributed by atoms with van der Waals surface area (Å²) in [5.74, 6) is 0.760. The van der Waals surface area contributed by atoms with E-state index < -0.39 is 0 Å². The van der Waals surface area contributed by atoms with Crippen LogP contribution in [0.15, 0.2) is 47.3 Å². The summed E-state index contributed by atoms with van der Waals surface area (Å²) < 4.78 is 5.35. The number of rotatable bonds is 3. The predicted octanol–water partition coefficient (Wildman–Crippen LogP) is 2.87. The van der Waals surface area contributed by atoms with Gasteiger partial charge in [0.15, 0.2) is 12.2 Å². The monoisotopic (exact) mass is 272 g/mol. The molecule has 97 valence electrons. The molecule has 0 bridgehead atoms. The Bertz CT molecular complexity index is 566. The van der Waals surface area contributed by atoms with Crippen LogP contribution in [0.2, 0.25) is 0 Å². The molecule has 0 spiro atoms. The first-order valence-corrected chi connectivity index (χ1v) is 6.83. The Balaban J connectivity index is 1.95. The van der Waals surface area contributed by atoms with E-state index in [9.17, 15) is 0 Å². The predicted molar refractivity (Wildman–Crippen MR) is 77.1 cm³/mol. The van der Waals surface area contributed by atoms with Gasteiger partial charge in [-0.3, -0.25) is 4.90 Å². The average Bonchev–Trinajstić information content (AvgIpc) is 3.08. The molecule has 0 fully saturated rings. The quantitative estimate of drug-likeness (QED) is 0.858. The molecule has 2 heterocycles. The van der Waals surface area contributed by atoms with Crippen molar-refractivity contribution in [2.45, 2.75) is 5.50 Å². The number of nitrogens with zero attached hydrogens (tertiary/aromatic N) is 3. The maximum atomic E-state index is 5.35. The Morgan fingerprint density at radius 3 is 2.74 bits per heavy atom. The minimum absolute atomic E-state index is 0.169. The third kappa shape index (κ3) is 2.39. The Labute approximate surface area is 116 Å².